The summed E-state index contributed by atoms with van der Waals surface area (Å²) in [7, 11) is 0. The normalized spacial score (nSPS) is 28.5. The summed E-state index contributed by atoms with van der Waals surface area (Å²) in [6, 6.07) is 0. The van der Waals surface area contributed by atoms with Gasteiger partial charge in [0.25, 0.3) is 0 Å². The van der Waals surface area contributed by atoms with Crippen LogP contribution in [0.1, 0.15) is 26.7 Å². The van der Waals surface area contributed by atoms with E-state index >= 15 is 0 Å². The topological polar surface area (TPSA) is 69.7 Å². The lowest BCUT2D eigenvalue weighted by atomic mass is 9.95. The van der Waals surface area contributed by atoms with E-state index < -0.39 is 23.3 Å². The van der Waals surface area contributed by atoms with Crippen molar-refractivity contribution in [1.82, 2.24) is 0 Å². The second-order valence-electron chi connectivity index (χ2n) is 4.40. The molecule has 0 aliphatic heterocycles. The molecule has 2 atom stereocenters. The van der Waals surface area contributed by atoms with E-state index in [-0.39, 0.29) is 24.9 Å². The van der Waals surface area contributed by atoms with Gasteiger partial charge in [-0.05, 0) is 26.2 Å². The zero-order valence-corrected chi connectivity index (χ0v) is 10.0. The van der Waals surface area contributed by atoms with Gasteiger partial charge in [0.15, 0.2) is 5.41 Å². The van der Waals surface area contributed by atoms with Crippen molar-refractivity contribution in [2.45, 2.75) is 26.7 Å². The van der Waals surface area contributed by atoms with Gasteiger partial charge in [-0.3, -0.25) is 14.4 Å². The Labute approximate surface area is 99.5 Å². The summed E-state index contributed by atoms with van der Waals surface area (Å²) < 4.78 is 9.86. The predicted octanol–water partition coefficient (Wildman–Crippen LogP) is 0.708. The SMILES string of the molecule is CCOC(=O)C1(C(=O)OCC)C2CCC(=O)C21. The summed E-state index contributed by atoms with van der Waals surface area (Å²) in [4.78, 5) is 35.5. The maximum atomic E-state index is 11.9. The van der Waals surface area contributed by atoms with Gasteiger partial charge >= 0.3 is 11.9 Å². The van der Waals surface area contributed by atoms with Crippen LogP contribution in [-0.2, 0) is 23.9 Å². The van der Waals surface area contributed by atoms with Crippen LogP contribution in [0.2, 0.25) is 0 Å². The number of fused-ring (bicyclic) bond motifs is 1. The molecule has 0 radical (unpaired) electrons. The Morgan fingerprint density at radius 1 is 1.24 bits per heavy atom. The second-order valence-corrected chi connectivity index (χ2v) is 4.40. The van der Waals surface area contributed by atoms with E-state index in [2.05, 4.69) is 0 Å². The van der Waals surface area contributed by atoms with Crippen LogP contribution in [0.25, 0.3) is 0 Å². The van der Waals surface area contributed by atoms with Crippen LogP contribution in [0, 0.1) is 17.3 Å². The average molecular weight is 240 g/mol. The first-order valence-corrected chi connectivity index (χ1v) is 5.97. The third kappa shape index (κ3) is 1.48. The first-order valence-electron chi connectivity index (χ1n) is 5.97. The van der Waals surface area contributed by atoms with E-state index in [4.69, 9.17) is 9.47 Å². The molecule has 0 amide bonds. The van der Waals surface area contributed by atoms with Gasteiger partial charge in [-0.1, -0.05) is 0 Å². The van der Waals surface area contributed by atoms with E-state index in [1.54, 1.807) is 13.8 Å². The number of carbonyl (C=O) groups excluding carboxylic acids is 3. The first kappa shape index (κ1) is 12.1. The van der Waals surface area contributed by atoms with Gasteiger partial charge in [-0.15, -0.1) is 0 Å². The molecular formula is C12H16O5. The summed E-state index contributed by atoms with van der Waals surface area (Å²) in [5, 5.41) is 0. The number of hydrogen-bond donors (Lipinski definition) is 0. The number of ether oxygens (including phenoxy) is 2. The largest absolute Gasteiger partial charge is 0.465 e. The van der Waals surface area contributed by atoms with E-state index in [9.17, 15) is 14.4 Å². The Morgan fingerprint density at radius 2 is 1.76 bits per heavy atom. The Hall–Kier alpha value is -1.39. The number of rotatable bonds is 4. The summed E-state index contributed by atoms with van der Waals surface area (Å²) in [5.41, 5.74) is -1.32. The highest BCUT2D eigenvalue weighted by atomic mass is 16.6. The molecule has 0 aromatic carbocycles. The Bertz CT molecular complexity index is 355. The van der Waals surface area contributed by atoms with Gasteiger partial charge in [-0.25, -0.2) is 0 Å². The minimum atomic E-state index is -1.32. The standard InChI is InChI=1S/C12H16O5/c1-3-16-10(14)12(11(15)17-4-2)7-5-6-8(13)9(7)12/h7,9H,3-6H2,1-2H3. The highest BCUT2D eigenvalue weighted by Crippen LogP contribution is 2.66. The van der Waals surface area contributed by atoms with Gasteiger partial charge in [0.1, 0.15) is 5.78 Å². The zero-order chi connectivity index (χ0) is 12.6. The minimum Gasteiger partial charge on any atom is -0.465 e. The van der Waals surface area contributed by atoms with Crippen molar-refractivity contribution < 1.29 is 23.9 Å². The quantitative estimate of drug-likeness (QED) is 0.534. The van der Waals surface area contributed by atoms with Crippen molar-refractivity contribution in [3.05, 3.63) is 0 Å². The van der Waals surface area contributed by atoms with Crippen molar-refractivity contribution in [3.63, 3.8) is 0 Å². The lowest BCUT2D eigenvalue weighted by molar-refractivity contribution is -0.167. The molecular weight excluding hydrogens is 224 g/mol. The van der Waals surface area contributed by atoms with Crippen molar-refractivity contribution in [3.8, 4) is 0 Å². The molecule has 17 heavy (non-hydrogen) atoms. The van der Waals surface area contributed by atoms with Crippen molar-refractivity contribution >= 4 is 17.7 Å². The fraction of sp³-hybridized carbons (Fsp3) is 0.750. The van der Waals surface area contributed by atoms with E-state index in [0.29, 0.717) is 12.8 Å². The Morgan fingerprint density at radius 3 is 2.12 bits per heavy atom. The maximum absolute atomic E-state index is 11.9. The molecule has 2 rings (SSSR count). The monoisotopic (exact) mass is 240 g/mol. The van der Waals surface area contributed by atoms with Crippen molar-refractivity contribution in [1.29, 1.82) is 0 Å². The molecule has 2 saturated carbocycles. The van der Waals surface area contributed by atoms with Crippen LogP contribution >= 0.6 is 0 Å². The predicted molar refractivity (Wildman–Crippen MR) is 56.9 cm³/mol. The van der Waals surface area contributed by atoms with E-state index in [1.165, 1.54) is 0 Å². The molecule has 2 aliphatic rings. The molecule has 94 valence electrons. The molecule has 5 heteroatoms. The average Bonchev–Trinajstić information content (AvgIpc) is 2.83. The molecule has 2 unspecified atom stereocenters. The molecule has 5 nitrogen and oxygen atoms in total. The fourth-order valence-electron chi connectivity index (χ4n) is 2.93. The minimum absolute atomic E-state index is 0.0175. The van der Waals surface area contributed by atoms with Crippen molar-refractivity contribution in [2.24, 2.45) is 17.3 Å². The Balaban J connectivity index is 2.24. The lowest BCUT2D eigenvalue weighted by Gasteiger charge is -2.16. The molecule has 0 heterocycles. The van der Waals surface area contributed by atoms with Crippen molar-refractivity contribution in [2.75, 3.05) is 13.2 Å². The van der Waals surface area contributed by atoms with Crippen LogP contribution in [0.5, 0.6) is 0 Å². The molecule has 0 aromatic heterocycles. The van der Waals surface area contributed by atoms with Crippen LogP contribution in [0.3, 0.4) is 0 Å². The molecule has 0 spiro atoms. The number of hydrogen-bond acceptors (Lipinski definition) is 5. The lowest BCUT2D eigenvalue weighted by Crippen LogP contribution is -2.35. The number of esters is 2. The highest BCUT2D eigenvalue weighted by Gasteiger charge is 2.80. The van der Waals surface area contributed by atoms with Crippen LogP contribution in [0.15, 0.2) is 0 Å². The molecule has 0 N–H and O–H groups in total. The van der Waals surface area contributed by atoms with E-state index in [1.807, 2.05) is 0 Å². The molecule has 0 aromatic rings. The molecule has 0 bridgehead atoms. The van der Waals surface area contributed by atoms with E-state index in [0.717, 1.165) is 0 Å². The molecule has 2 aliphatic carbocycles. The van der Waals surface area contributed by atoms with Crippen LogP contribution in [0.4, 0.5) is 0 Å². The van der Waals surface area contributed by atoms with Crippen LogP contribution in [-0.4, -0.2) is 30.9 Å². The van der Waals surface area contributed by atoms with Crippen LogP contribution < -0.4 is 0 Å². The van der Waals surface area contributed by atoms with Gasteiger partial charge in [0.2, 0.25) is 0 Å². The summed E-state index contributed by atoms with van der Waals surface area (Å²) >= 11 is 0. The number of ketones is 1. The number of Topliss-reactive ketones (excluding diaryl/α,β-unsaturated/α-hetero) is 1. The van der Waals surface area contributed by atoms with Gasteiger partial charge in [-0.2, -0.15) is 0 Å². The molecule has 0 saturated heterocycles. The molecule has 2 fully saturated rings. The smallest absolute Gasteiger partial charge is 0.324 e. The van der Waals surface area contributed by atoms with Gasteiger partial charge in [0, 0.05) is 12.3 Å². The Kier molecular flexibility index (Phi) is 2.93. The summed E-state index contributed by atoms with van der Waals surface area (Å²) in [6.45, 7) is 3.76. The third-order valence-electron chi connectivity index (χ3n) is 3.64. The first-order chi connectivity index (χ1) is 8.10. The van der Waals surface area contributed by atoms with Gasteiger partial charge < -0.3 is 9.47 Å². The second kappa shape index (κ2) is 4.13. The zero-order valence-electron chi connectivity index (χ0n) is 10.0. The van der Waals surface area contributed by atoms with Gasteiger partial charge in [0.05, 0.1) is 13.2 Å². The summed E-state index contributed by atoms with van der Waals surface area (Å²) in [5.74, 6) is -1.91. The maximum Gasteiger partial charge on any atom is 0.324 e. The highest BCUT2D eigenvalue weighted by molar-refractivity contribution is 6.12. The number of carbonyl (C=O) groups is 3. The summed E-state index contributed by atoms with van der Waals surface area (Å²) in [6.07, 6.45) is 1.04. The third-order valence-corrected chi connectivity index (χ3v) is 3.64. The fourth-order valence-corrected chi connectivity index (χ4v) is 2.93.